The summed E-state index contributed by atoms with van der Waals surface area (Å²) in [5.41, 5.74) is 1.71. The summed E-state index contributed by atoms with van der Waals surface area (Å²) in [5.74, 6) is 0.441. The van der Waals surface area contributed by atoms with Crippen LogP contribution < -0.4 is 4.74 Å². The number of furan rings is 1. The number of halogens is 1. The Morgan fingerprint density at radius 3 is 2.86 bits per heavy atom. The summed E-state index contributed by atoms with van der Waals surface area (Å²) >= 11 is 0. The average Bonchev–Trinajstić information content (AvgIpc) is 2.97. The molecule has 0 amide bonds. The molecule has 6 heteroatoms. The Balaban J connectivity index is 2.10. The number of aliphatic hydroxyl groups excluding tert-OH is 1. The lowest BCUT2D eigenvalue weighted by atomic mass is 10.1. The number of aryl methyl sites for hydroxylation is 2. The van der Waals surface area contributed by atoms with E-state index >= 15 is 0 Å². The van der Waals surface area contributed by atoms with Gasteiger partial charge in [0.25, 0.3) is 0 Å². The monoisotopic (exact) mass is 290 g/mol. The van der Waals surface area contributed by atoms with E-state index in [0.717, 1.165) is 0 Å². The third-order valence-electron chi connectivity index (χ3n) is 3.45. The molecule has 0 aliphatic carbocycles. The first-order valence-electron chi connectivity index (χ1n) is 6.45. The Morgan fingerprint density at radius 1 is 1.38 bits per heavy atom. The summed E-state index contributed by atoms with van der Waals surface area (Å²) < 4.78 is 25.6. The molecule has 1 aromatic carbocycles. The second-order valence-electron chi connectivity index (χ2n) is 4.87. The molecule has 0 aliphatic rings. The van der Waals surface area contributed by atoms with Gasteiger partial charge in [-0.25, -0.2) is 9.07 Å². The normalized spacial score (nSPS) is 12.8. The van der Waals surface area contributed by atoms with Crippen LogP contribution in [0.3, 0.4) is 0 Å². The molecule has 1 N–H and O–H groups in total. The van der Waals surface area contributed by atoms with Gasteiger partial charge < -0.3 is 14.3 Å². The summed E-state index contributed by atoms with van der Waals surface area (Å²) in [4.78, 5) is 0. The van der Waals surface area contributed by atoms with E-state index in [1.165, 1.54) is 25.3 Å². The molecule has 0 saturated carbocycles. The van der Waals surface area contributed by atoms with Crippen molar-refractivity contribution in [2.45, 2.75) is 13.0 Å². The van der Waals surface area contributed by atoms with E-state index in [0.29, 0.717) is 33.9 Å². The van der Waals surface area contributed by atoms with Crippen molar-refractivity contribution in [3.8, 4) is 5.88 Å². The minimum Gasteiger partial charge on any atom is -0.481 e. The zero-order valence-electron chi connectivity index (χ0n) is 11.9. The summed E-state index contributed by atoms with van der Waals surface area (Å²) in [6, 6.07) is 5.84. The van der Waals surface area contributed by atoms with Crippen LogP contribution in [-0.4, -0.2) is 22.0 Å². The molecule has 2 aromatic heterocycles. The third kappa shape index (κ3) is 2.17. The van der Waals surface area contributed by atoms with Crippen molar-refractivity contribution in [1.82, 2.24) is 9.78 Å². The summed E-state index contributed by atoms with van der Waals surface area (Å²) in [7, 11) is 3.25. The molecule has 0 radical (unpaired) electrons. The van der Waals surface area contributed by atoms with Gasteiger partial charge in [0.15, 0.2) is 0 Å². The smallest absolute Gasteiger partial charge is 0.217 e. The van der Waals surface area contributed by atoms with E-state index in [1.54, 1.807) is 24.7 Å². The second kappa shape index (κ2) is 4.89. The van der Waals surface area contributed by atoms with E-state index in [2.05, 4.69) is 5.10 Å². The zero-order valence-corrected chi connectivity index (χ0v) is 11.9. The third-order valence-corrected chi connectivity index (χ3v) is 3.45. The Hall–Kier alpha value is -2.34. The van der Waals surface area contributed by atoms with Crippen LogP contribution in [0.25, 0.3) is 11.0 Å². The fraction of sp³-hybridized carbons (Fsp3) is 0.267. The number of methoxy groups -OCH3 is 1. The van der Waals surface area contributed by atoms with Gasteiger partial charge in [0, 0.05) is 12.4 Å². The number of hydrogen-bond acceptors (Lipinski definition) is 4. The first-order chi connectivity index (χ1) is 10.0. The van der Waals surface area contributed by atoms with Gasteiger partial charge in [-0.1, -0.05) is 0 Å². The SMILES string of the molecule is COc1c(C(O)c2cc3cc(F)ccc3o2)c(C)nn1C. The maximum Gasteiger partial charge on any atom is 0.217 e. The highest BCUT2D eigenvalue weighted by Crippen LogP contribution is 2.34. The standard InChI is InChI=1S/C15H15FN2O3/c1-8-13(15(20-3)18(2)17-8)14(19)12-7-9-6-10(16)4-5-11(9)21-12/h4-7,14,19H,1-3H3. The van der Waals surface area contributed by atoms with Gasteiger partial charge in [-0.05, 0) is 31.2 Å². The topological polar surface area (TPSA) is 60.4 Å². The predicted octanol–water partition coefficient (Wildman–Crippen LogP) is 2.70. The highest BCUT2D eigenvalue weighted by Gasteiger charge is 2.25. The maximum absolute atomic E-state index is 13.2. The molecule has 3 aromatic rings. The Morgan fingerprint density at radius 2 is 2.14 bits per heavy atom. The van der Waals surface area contributed by atoms with E-state index in [4.69, 9.17) is 9.15 Å². The minimum absolute atomic E-state index is 0.324. The molecule has 0 bridgehead atoms. The fourth-order valence-electron chi connectivity index (χ4n) is 2.52. The van der Waals surface area contributed by atoms with Crippen LogP contribution in [0.15, 0.2) is 28.7 Å². The number of aliphatic hydroxyl groups is 1. The number of hydrogen-bond donors (Lipinski definition) is 1. The van der Waals surface area contributed by atoms with E-state index in [1.807, 2.05) is 0 Å². The fourth-order valence-corrected chi connectivity index (χ4v) is 2.52. The van der Waals surface area contributed by atoms with Crippen molar-refractivity contribution in [1.29, 1.82) is 0 Å². The van der Waals surface area contributed by atoms with Crippen molar-refractivity contribution in [2.24, 2.45) is 7.05 Å². The van der Waals surface area contributed by atoms with Crippen molar-refractivity contribution < 1.29 is 18.7 Å². The van der Waals surface area contributed by atoms with Crippen LogP contribution >= 0.6 is 0 Å². The van der Waals surface area contributed by atoms with Gasteiger partial charge in [-0.2, -0.15) is 5.10 Å². The Kier molecular flexibility index (Phi) is 3.17. The van der Waals surface area contributed by atoms with Crippen LogP contribution in [0.1, 0.15) is 23.1 Å². The number of fused-ring (bicyclic) bond motifs is 1. The van der Waals surface area contributed by atoms with Gasteiger partial charge in [0.05, 0.1) is 18.4 Å². The first kappa shape index (κ1) is 13.6. The number of ether oxygens (including phenoxy) is 1. The highest BCUT2D eigenvalue weighted by molar-refractivity contribution is 5.78. The van der Waals surface area contributed by atoms with Crippen molar-refractivity contribution in [2.75, 3.05) is 7.11 Å². The molecule has 2 heterocycles. The maximum atomic E-state index is 13.2. The van der Waals surface area contributed by atoms with Gasteiger partial charge >= 0.3 is 0 Å². The molecule has 0 saturated heterocycles. The van der Waals surface area contributed by atoms with Crippen molar-refractivity contribution >= 4 is 11.0 Å². The van der Waals surface area contributed by atoms with Crippen molar-refractivity contribution in [3.63, 3.8) is 0 Å². The lowest BCUT2D eigenvalue weighted by Gasteiger charge is -2.09. The largest absolute Gasteiger partial charge is 0.481 e. The highest BCUT2D eigenvalue weighted by atomic mass is 19.1. The number of benzene rings is 1. The molecule has 110 valence electrons. The quantitative estimate of drug-likeness (QED) is 0.805. The number of nitrogens with zero attached hydrogens (tertiary/aromatic N) is 2. The van der Waals surface area contributed by atoms with Gasteiger partial charge in [0.2, 0.25) is 5.88 Å². The Labute approximate surface area is 120 Å². The Bertz CT molecular complexity index is 807. The van der Waals surface area contributed by atoms with Gasteiger partial charge in [-0.15, -0.1) is 0 Å². The van der Waals surface area contributed by atoms with Crippen molar-refractivity contribution in [3.05, 3.63) is 47.1 Å². The number of rotatable bonds is 3. The molecule has 5 nitrogen and oxygen atoms in total. The van der Waals surface area contributed by atoms with E-state index in [-0.39, 0.29) is 5.82 Å². The summed E-state index contributed by atoms with van der Waals surface area (Å²) in [5, 5.41) is 15.4. The lowest BCUT2D eigenvalue weighted by Crippen LogP contribution is -2.02. The molecule has 1 unspecified atom stereocenters. The molecule has 21 heavy (non-hydrogen) atoms. The molecule has 0 fully saturated rings. The van der Waals surface area contributed by atoms with E-state index < -0.39 is 6.10 Å². The van der Waals surface area contributed by atoms with Gasteiger partial charge in [0.1, 0.15) is 23.3 Å². The van der Waals surface area contributed by atoms with Crippen LogP contribution in [-0.2, 0) is 7.05 Å². The molecule has 3 rings (SSSR count). The molecular weight excluding hydrogens is 275 g/mol. The summed E-state index contributed by atoms with van der Waals surface area (Å²) in [6.45, 7) is 1.78. The molecule has 1 atom stereocenters. The van der Waals surface area contributed by atoms with E-state index in [9.17, 15) is 9.50 Å². The number of aromatic nitrogens is 2. The molecular formula is C15H15FN2O3. The lowest BCUT2D eigenvalue weighted by molar-refractivity contribution is 0.186. The van der Waals surface area contributed by atoms with Crippen LogP contribution in [0, 0.1) is 12.7 Å². The summed E-state index contributed by atoms with van der Waals surface area (Å²) in [6.07, 6.45) is -1.02. The van der Waals surface area contributed by atoms with Crippen LogP contribution in [0.5, 0.6) is 5.88 Å². The average molecular weight is 290 g/mol. The molecule has 0 aliphatic heterocycles. The molecule has 0 spiro atoms. The predicted molar refractivity (Wildman–Crippen MR) is 74.7 cm³/mol. The van der Waals surface area contributed by atoms with Crippen LogP contribution in [0.2, 0.25) is 0 Å². The first-order valence-corrected chi connectivity index (χ1v) is 6.45. The van der Waals surface area contributed by atoms with Crippen LogP contribution in [0.4, 0.5) is 4.39 Å². The zero-order chi connectivity index (χ0) is 15.1. The minimum atomic E-state index is -1.02. The second-order valence-corrected chi connectivity index (χ2v) is 4.87. The van der Waals surface area contributed by atoms with Gasteiger partial charge in [-0.3, -0.25) is 0 Å².